The van der Waals surface area contributed by atoms with Gasteiger partial charge in [-0.3, -0.25) is 14.5 Å². The standard InChI is InChI=1S/C15H12F3NO2S/c1-2-3-7-10-19-12(20)14(15(16,17)18,22-13(19)21)11-8-5-4-6-9-11/h1,4-6,8-9H,3,7,10H2. The van der Waals surface area contributed by atoms with Crippen LogP contribution in [0.3, 0.4) is 0 Å². The van der Waals surface area contributed by atoms with E-state index in [0.717, 1.165) is 0 Å². The Morgan fingerprint density at radius 3 is 2.41 bits per heavy atom. The Hall–Kier alpha value is -1.94. The van der Waals surface area contributed by atoms with Gasteiger partial charge in [0, 0.05) is 13.0 Å². The summed E-state index contributed by atoms with van der Waals surface area (Å²) < 4.78 is 38.0. The summed E-state index contributed by atoms with van der Waals surface area (Å²) in [5, 5.41) is -0.900. The largest absolute Gasteiger partial charge is 0.416 e. The highest BCUT2D eigenvalue weighted by Gasteiger charge is 2.69. The lowest BCUT2D eigenvalue weighted by Crippen LogP contribution is -2.47. The molecule has 0 bridgehead atoms. The van der Waals surface area contributed by atoms with E-state index < -0.39 is 22.1 Å². The van der Waals surface area contributed by atoms with Gasteiger partial charge in [0.25, 0.3) is 11.1 Å². The number of carbonyl (C=O) groups excluding carboxylic acids is 2. The third-order valence-corrected chi connectivity index (χ3v) is 4.63. The average molecular weight is 327 g/mol. The number of terminal acetylenes is 1. The van der Waals surface area contributed by atoms with E-state index in [1.807, 2.05) is 0 Å². The van der Waals surface area contributed by atoms with Gasteiger partial charge in [-0.25, -0.2) is 0 Å². The highest BCUT2D eigenvalue weighted by atomic mass is 32.2. The summed E-state index contributed by atoms with van der Waals surface area (Å²) in [5.41, 5.74) is -0.245. The first-order chi connectivity index (χ1) is 10.3. The molecule has 0 aliphatic carbocycles. The normalized spacial score (nSPS) is 22.0. The Balaban J connectivity index is 2.43. The third-order valence-electron chi connectivity index (χ3n) is 3.29. The number of thioether (sulfide) groups is 1. The van der Waals surface area contributed by atoms with Gasteiger partial charge in [-0.15, -0.1) is 12.3 Å². The molecule has 1 fully saturated rings. The molecule has 1 unspecified atom stereocenters. The minimum atomic E-state index is -4.88. The summed E-state index contributed by atoms with van der Waals surface area (Å²) in [6.07, 6.45) is 0.749. The van der Waals surface area contributed by atoms with Gasteiger partial charge in [-0.05, 0) is 23.7 Å². The lowest BCUT2D eigenvalue weighted by atomic mass is 9.96. The fraction of sp³-hybridized carbons (Fsp3) is 0.333. The molecule has 1 aromatic carbocycles. The van der Waals surface area contributed by atoms with E-state index in [0.29, 0.717) is 4.90 Å². The zero-order chi connectivity index (χ0) is 16.4. The van der Waals surface area contributed by atoms with Crippen LogP contribution in [0.1, 0.15) is 18.4 Å². The van der Waals surface area contributed by atoms with Crippen LogP contribution in [0.2, 0.25) is 0 Å². The van der Waals surface area contributed by atoms with Gasteiger partial charge in [0.1, 0.15) is 0 Å². The number of hydrogen-bond acceptors (Lipinski definition) is 3. The molecule has 2 rings (SSSR count). The van der Waals surface area contributed by atoms with Crippen LogP contribution in [0, 0.1) is 12.3 Å². The Morgan fingerprint density at radius 2 is 1.86 bits per heavy atom. The van der Waals surface area contributed by atoms with Crippen molar-refractivity contribution >= 4 is 22.9 Å². The molecule has 116 valence electrons. The van der Waals surface area contributed by atoms with Gasteiger partial charge in [0.2, 0.25) is 4.75 Å². The number of amides is 2. The van der Waals surface area contributed by atoms with E-state index in [9.17, 15) is 22.8 Å². The maximum atomic E-state index is 13.6. The highest BCUT2D eigenvalue weighted by molar-refractivity contribution is 8.15. The van der Waals surface area contributed by atoms with Crippen LogP contribution in [0.5, 0.6) is 0 Å². The van der Waals surface area contributed by atoms with Crippen molar-refractivity contribution in [2.45, 2.75) is 23.8 Å². The summed E-state index contributed by atoms with van der Waals surface area (Å²) in [4.78, 5) is 25.0. The number of rotatable bonds is 4. The van der Waals surface area contributed by atoms with Gasteiger partial charge < -0.3 is 0 Å². The van der Waals surface area contributed by atoms with E-state index >= 15 is 0 Å². The van der Waals surface area contributed by atoms with Crippen LogP contribution in [0.15, 0.2) is 30.3 Å². The molecule has 0 spiro atoms. The Labute approximate surface area is 129 Å². The molecule has 1 heterocycles. The zero-order valence-corrected chi connectivity index (χ0v) is 12.2. The molecule has 0 aromatic heterocycles. The van der Waals surface area contributed by atoms with E-state index in [1.165, 1.54) is 24.3 Å². The lowest BCUT2D eigenvalue weighted by molar-refractivity contribution is -0.176. The van der Waals surface area contributed by atoms with E-state index in [2.05, 4.69) is 5.92 Å². The molecule has 1 aliphatic heterocycles. The first kappa shape index (κ1) is 16.4. The van der Waals surface area contributed by atoms with E-state index in [4.69, 9.17) is 6.42 Å². The van der Waals surface area contributed by atoms with Crippen molar-refractivity contribution in [3.05, 3.63) is 35.9 Å². The molecule has 1 aliphatic rings. The second-order valence-electron chi connectivity index (χ2n) is 4.68. The average Bonchev–Trinajstić information content (AvgIpc) is 2.73. The van der Waals surface area contributed by atoms with Crippen molar-refractivity contribution in [3.63, 3.8) is 0 Å². The van der Waals surface area contributed by atoms with Crippen LogP contribution in [0.4, 0.5) is 18.0 Å². The SMILES string of the molecule is C#CCCCN1C(=O)SC(c2ccccc2)(C(F)(F)F)C1=O. The van der Waals surface area contributed by atoms with Crippen LogP contribution < -0.4 is 0 Å². The fourth-order valence-corrected chi connectivity index (χ4v) is 3.35. The number of carbonyl (C=O) groups is 2. The van der Waals surface area contributed by atoms with Gasteiger partial charge in [-0.2, -0.15) is 13.2 Å². The van der Waals surface area contributed by atoms with E-state index in [-0.39, 0.29) is 36.7 Å². The van der Waals surface area contributed by atoms with Crippen molar-refractivity contribution in [3.8, 4) is 12.3 Å². The fourth-order valence-electron chi connectivity index (χ4n) is 2.23. The Morgan fingerprint density at radius 1 is 1.23 bits per heavy atom. The van der Waals surface area contributed by atoms with Crippen LogP contribution in [-0.4, -0.2) is 28.8 Å². The second-order valence-corrected chi connectivity index (χ2v) is 5.84. The quantitative estimate of drug-likeness (QED) is 0.627. The van der Waals surface area contributed by atoms with Gasteiger partial charge in [0.05, 0.1) is 0 Å². The molecule has 2 amide bonds. The smallest absolute Gasteiger partial charge is 0.272 e. The van der Waals surface area contributed by atoms with Crippen LogP contribution in [-0.2, 0) is 9.54 Å². The monoisotopic (exact) mass is 327 g/mol. The summed E-state index contributed by atoms with van der Waals surface area (Å²) >= 11 is 0.00810. The van der Waals surface area contributed by atoms with Gasteiger partial charge in [-0.1, -0.05) is 30.3 Å². The van der Waals surface area contributed by atoms with Crippen molar-refractivity contribution in [1.29, 1.82) is 0 Å². The number of nitrogens with zero attached hydrogens (tertiary/aromatic N) is 1. The number of hydrogen-bond donors (Lipinski definition) is 0. The maximum Gasteiger partial charge on any atom is 0.416 e. The summed E-state index contributed by atoms with van der Waals surface area (Å²) in [7, 11) is 0. The topological polar surface area (TPSA) is 37.4 Å². The minimum Gasteiger partial charge on any atom is -0.272 e. The molecule has 22 heavy (non-hydrogen) atoms. The third kappa shape index (κ3) is 2.59. The van der Waals surface area contributed by atoms with Gasteiger partial charge >= 0.3 is 6.18 Å². The second kappa shape index (κ2) is 6.05. The number of imide groups is 1. The Kier molecular flexibility index (Phi) is 4.52. The molecule has 0 radical (unpaired) electrons. The van der Waals surface area contributed by atoms with Crippen LogP contribution >= 0.6 is 11.8 Å². The molecule has 0 saturated carbocycles. The maximum absolute atomic E-state index is 13.6. The molecular formula is C15H12F3NO2S. The highest BCUT2D eigenvalue weighted by Crippen LogP contribution is 2.55. The predicted molar refractivity (Wildman–Crippen MR) is 76.9 cm³/mol. The number of unbranched alkanes of at least 4 members (excludes halogenated alkanes) is 1. The predicted octanol–water partition coefficient (Wildman–Crippen LogP) is 3.55. The molecule has 1 atom stereocenters. The van der Waals surface area contributed by atoms with E-state index in [1.54, 1.807) is 6.07 Å². The Bertz CT molecular complexity index is 624. The molecule has 0 N–H and O–H groups in total. The minimum absolute atomic E-state index is 0.00810. The summed E-state index contributed by atoms with van der Waals surface area (Å²) in [6, 6.07) is 6.77. The number of halogens is 3. The number of benzene rings is 1. The number of alkyl halides is 3. The van der Waals surface area contributed by atoms with Crippen molar-refractivity contribution in [1.82, 2.24) is 4.90 Å². The molecule has 3 nitrogen and oxygen atoms in total. The summed E-state index contributed by atoms with van der Waals surface area (Å²) in [5.74, 6) is 1.07. The molecular weight excluding hydrogens is 315 g/mol. The van der Waals surface area contributed by atoms with Crippen molar-refractivity contribution in [2.75, 3.05) is 6.54 Å². The molecule has 7 heteroatoms. The van der Waals surface area contributed by atoms with Crippen molar-refractivity contribution in [2.24, 2.45) is 0 Å². The lowest BCUT2D eigenvalue weighted by Gasteiger charge is -2.28. The first-order valence-corrected chi connectivity index (χ1v) is 7.27. The molecule has 1 aromatic rings. The van der Waals surface area contributed by atoms with Crippen molar-refractivity contribution < 1.29 is 22.8 Å². The first-order valence-electron chi connectivity index (χ1n) is 6.45. The zero-order valence-electron chi connectivity index (χ0n) is 11.4. The summed E-state index contributed by atoms with van der Waals surface area (Å²) in [6.45, 7) is -0.112. The van der Waals surface area contributed by atoms with Gasteiger partial charge in [0.15, 0.2) is 0 Å². The van der Waals surface area contributed by atoms with Crippen LogP contribution in [0.25, 0.3) is 0 Å². The molecule has 1 saturated heterocycles.